The highest BCUT2D eigenvalue weighted by Crippen LogP contribution is 2.26. The second-order valence-electron chi connectivity index (χ2n) is 5.05. The monoisotopic (exact) mass is 329 g/mol. The zero-order valence-corrected chi connectivity index (χ0v) is 12.7. The van der Waals surface area contributed by atoms with Gasteiger partial charge >= 0.3 is 0 Å². The average molecular weight is 330 g/mol. The Labute approximate surface area is 117 Å². The number of sulfone groups is 2. The Morgan fingerprint density at radius 1 is 1.00 bits per heavy atom. The third kappa shape index (κ3) is 3.41. The number of rotatable bonds is 3. The lowest BCUT2D eigenvalue weighted by Crippen LogP contribution is -2.49. The minimum atomic E-state index is -3.13. The lowest BCUT2D eigenvalue weighted by Gasteiger charge is -2.32. The van der Waals surface area contributed by atoms with E-state index in [0.29, 0.717) is 12.8 Å². The Hall–Kier alpha value is -0.340. The van der Waals surface area contributed by atoms with Gasteiger partial charge in [0.2, 0.25) is 5.91 Å². The van der Waals surface area contributed by atoms with Crippen molar-refractivity contribution in [3.8, 4) is 0 Å². The molecule has 2 rings (SSSR count). The van der Waals surface area contributed by atoms with E-state index in [0.717, 1.165) is 0 Å². The average Bonchev–Trinajstić information content (AvgIpc) is 2.82. The summed E-state index contributed by atoms with van der Waals surface area (Å²) in [5.74, 6) is -0.733. The molecule has 0 aromatic heterocycles. The van der Waals surface area contributed by atoms with E-state index in [9.17, 15) is 21.6 Å². The lowest BCUT2D eigenvalue weighted by atomic mass is 10.1. The summed E-state index contributed by atoms with van der Waals surface area (Å²) in [5, 5.41) is 0. The van der Waals surface area contributed by atoms with E-state index in [-0.39, 0.29) is 34.8 Å². The van der Waals surface area contributed by atoms with Gasteiger partial charge in [0.05, 0.1) is 23.0 Å². The van der Waals surface area contributed by atoms with Crippen LogP contribution in [0.25, 0.3) is 0 Å². The van der Waals surface area contributed by atoms with Gasteiger partial charge in [-0.2, -0.15) is 0 Å². The van der Waals surface area contributed by atoms with Crippen molar-refractivity contribution in [1.29, 1.82) is 0 Å². The molecule has 2 heterocycles. The first-order chi connectivity index (χ1) is 8.74. The Kier molecular flexibility index (Phi) is 4.13. The molecule has 6 nitrogen and oxygen atoms in total. The van der Waals surface area contributed by atoms with Crippen molar-refractivity contribution >= 4 is 37.2 Å². The van der Waals surface area contributed by atoms with Gasteiger partial charge in [0.15, 0.2) is 19.7 Å². The first-order valence-electron chi connectivity index (χ1n) is 6.02. The molecule has 0 aromatic carbocycles. The third-order valence-corrected chi connectivity index (χ3v) is 7.34. The highest BCUT2D eigenvalue weighted by Gasteiger charge is 2.41. The molecule has 1 amide bonds. The minimum Gasteiger partial charge on any atom is -0.334 e. The molecule has 0 saturated carbocycles. The summed E-state index contributed by atoms with van der Waals surface area (Å²) < 4.78 is 46.0. The maximum atomic E-state index is 11.9. The Balaban J connectivity index is 2.21. The SMILES string of the molecule is O=C(CCl)N([C@@H]1CCS(=O)(=O)C1)[C@H]1CCS(=O)(=O)C1. The number of alkyl halides is 1. The summed E-state index contributed by atoms with van der Waals surface area (Å²) in [6.07, 6.45) is 0.725. The molecule has 2 saturated heterocycles. The summed E-state index contributed by atoms with van der Waals surface area (Å²) in [7, 11) is -6.25. The summed E-state index contributed by atoms with van der Waals surface area (Å²) in [6, 6.07) is -0.871. The second-order valence-corrected chi connectivity index (χ2v) is 9.77. The Morgan fingerprint density at radius 3 is 1.68 bits per heavy atom. The van der Waals surface area contributed by atoms with E-state index < -0.39 is 31.8 Å². The quantitative estimate of drug-likeness (QED) is 0.647. The first-order valence-corrected chi connectivity index (χ1v) is 10.2. The van der Waals surface area contributed by atoms with E-state index in [1.807, 2.05) is 0 Å². The fourth-order valence-electron chi connectivity index (χ4n) is 2.76. The van der Waals surface area contributed by atoms with Gasteiger partial charge in [0.25, 0.3) is 0 Å². The van der Waals surface area contributed by atoms with Crippen molar-refractivity contribution in [3.05, 3.63) is 0 Å². The zero-order valence-electron chi connectivity index (χ0n) is 10.3. The van der Waals surface area contributed by atoms with Gasteiger partial charge in [-0.3, -0.25) is 4.79 Å². The molecule has 19 heavy (non-hydrogen) atoms. The summed E-state index contributed by atoms with van der Waals surface area (Å²) in [6.45, 7) is 0. The van der Waals surface area contributed by atoms with Gasteiger partial charge in [-0.1, -0.05) is 0 Å². The fraction of sp³-hybridized carbons (Fsp3) is 0.900. The second kappa shape index (κ2) is 5.21. The van der Waals surface area contributed by atoms with Crippen LogP contribution in [0.1, 0.15) is 12.8 Å². The van der Waals surface area contributed by atoms with Crippen LogP contribution in [0.2, 0.25) is 0 Å². The molecule has 110 valence electrons. The summed E-state index contributed by atoms with van der Waals surface area (Å²) in [5.41, 5.74) is 0. The highest BCUT2D eigenvalue weighted by molar-refractivity contribution is 7.92. The largest absolute Gasteiger partial charge is 0.334 e. The molecule has 0 unspecified atom stereocenters. The molecular weight excluding hydrogens is 314 g/mol. The third-order valence-electron chi connectivity index (χ3n) is 3.61. The molecule has 0 aliphatic carbocycles. The van der Waals surface area contributed by atoms with Gasteiger partial charge in [-0.05, 0) is 12.8 Å². The summed E-state index contributed by atoms with van der Waals surface area (Å²) in [4.78, 5) is 13.3. The zero-order chi connectivity index (χ0) is 14.3. The van der Waals surface area contributed by atoms with Crippen LogP contribution in [0.3, 0.4) is 0 Å². The normalized spacial score (nSPS) is 32.3. The van der Waals surface area contributed by atoms with Crippen molar-refractivity contribution < 1.29 is 21.6 Å². The van der Waals surface area contributed by atoms with E-state index in [1.165, 1.54) is 4.90 Å². The van der Waals surface area contributed by atoms with Crippen LogP contribution in [-0.4, -0.2) is 68.6 Å². The number of carbonyl (C=O) groups excluding carboxylic acids is 1. The predicted molar refractivity (Wildman–Crippen MR) is 71.7 cm³/mol. The smallest absolute Gasteiger partial charge is 0.238 e. The topological polar surface area (TPSA) is 88.6 Å². The number of nitrogens with zero attached hydrogens (tertiary/aromatic N) is 1. The van der Waals surface area contributed by atoms with Crippen LogP contribution in [0.15, 0.2) is 0 Å². The van der Waals surface area contributed by atoms with Crippen molar-refractivity contribution in [2.24, 2.45) is 0 Å². The van der Waals surface area contributed by atoms with Crippen molar-refractivity contribution in [1.82, 2.24) is 4.90 Å². The standard InChI is InChI=1S/C10H16ClNO5S2/c11-5-10(13)12(8-1-3-18(14,15)6-8)9-2-4-19(16,17)7-9/h8-9H,1-7H2/t8-,9+. The van der Waals surface area contributed by atoms with E-state index in [4.69, 9.17) is 11.6 Å². The number of amides is 1. The predicted octanol–water partition coefficient (Wildman–Crippen LogP) is -0.572. The van der Waals surface area contributed by atoms with Gasteiger partial charge in [-0.25, -0.2) is 16.8 Å². The number of hydrogen-bond donors (Lipinski definition) is 0. The van der Waals surface area contributed by atoms with Gasteiger partial charge in [-0.15, -0.1) is 11.6 Å². The van der Waals surface area contributed by atoms with E-state index in [2.05, 4.69) is 0 Å². The molecule has 0 aromatic rings. The molecule has 2 atom stereocenters. The Bertz CT molecular complexity index is 527. The molecule has 0 spiro atoms. The fourth-order valence-corrected chi connectivity index (χ4v) is 6.32. The van der Waals surface area contributed by atoms with Gasteiger partial charge in [0, 0.05) is 12.1 Å². The van der Waals surface area contributed by atoms with Crippen molar-refractivity contribution in [2.75, 3.05) is 28.9 Å². The maximum Gasteiger partial charge on any atom is 0.238 e. The summed E-state index contributed by atoms with van der Waals surface area (Å²) >= 11 is 5.56. The molecular formula is C10H16ClNO5S2. The maximum absolute atomic E-state index is 11.9. The van der Waals surface area contributed by atoms with Crippen LogP contribution >= 0.6 is 11.6 Å². The highest BCUT2D eigenvalue weighted by atomic mass is 35.5. The molecule has 2 fully saturated rings. The first kappa shape index (κ1) is 15.1. The van der Waals surface area contributed by atoms with Crippen LogP contribution in [0.4, 0.5) is 0 Å². The molecule has 0 N–H and O–H groups in total. The van der Waals surface area contributed by atoms with Crippen molar-refractivity contribution in [3.63, 3.8) is 0 Å². The molecule has 0 bridgehead atoms. The lowest BCUT2D eigenvalue weighted by molar-refractivity contribution is -0.132. The van der Waals surface area contributed by atoms with Crippen molar-refractivity contribution in [2.45, 2.75) is 24.9 Å². The van der Waals surface area contributed by atoms with Crippen LogP contribution in [-0.2, 0) is 24.5 Å². The van der Waals surface area contributed by atoms with Crippen LogP contribution in [0, 0.1) is 0 Å². The van der Waals surface area contributed by atoms with Gasteiger partial charge in [0.1, 0.15) is 5.88 Å². The number of hydrogen-bond acceptors (Lipinski definition) is 5. The molecule has 2 aliphatic heterocycles. The van der Waals surface area contributed by atoms with Gasteiger partial charge < -0.3 is 4.90 Å². The molecule has 2 aliphatic rings. The van der Waals surface area contributed by atoms with Crippen LogP contribution < -0.4 is 0 Å². The minimum absolute atomic E-state index is 0.0448. The van der Waals surface area contributed by atoms with E-state index >= 15 is 0 Å². The molecule has 0 radical (unpaired) electrons. The molecule has 9 heteroatoms. The van der Waals surface area contributed by atoms with E-state index in [1.54, 1.807) is 0 Å². The van der Waals surface area contributed by atoms with Crippen LogP contribution in [0.5, 0.6) is 0 Å². The number of carbonyl (C=O) groups is 1. The Morgan fingerprint density at radius 2 is 1.42 bits per heavy atom. The number of halogens is 1.